The molecule has 2 aliphatic rings. The first kappa shape index (κ1) is 22.0. The minimum Gasteiger partial charge on any atom is -0.497 e. The van der Waals surface area contributed by atoms with Gasteiger partial charge < -0.3 is 19.5 Å². The van der Waals surface area contributed by atoms with Crippen molar-refractivity contribution in [3.8, 4) is 5.75 Å². The molecule has 0 spiro atoms. The topological polar surface area (TPSA) is 63.6 Å². The van der Waals surface area contributed by atoms with Crippen molar-refractivity contribution < 1.29 is 14.3 Å². The van der Waals surface area contributed by atoms with E-state index in [-0.39, 0.29) is 17.9 Å². The normalized spacial score (nSPS) is 25.2. The summed E-state index contributed by atoms with van der Waals surface area (Å²) in [4.78, 5) is 29.4. The second kappa shape index (κ2) is 8.52. The highest BCUT2D eigenvalue weighted by Gasteiger charge is 2.48. The summed E-state index contributed by atoms with van der Waals surface area (Å²) in [7, 11) is 1.63. The second-order valence-electron chi connectivity index (χ2n) is 9.64. The highest BCUT2D eigenvalue weighted by Crippen LogP contribution is 2.36. The first-order valence-electron chi connectivity index (χ1n) is 11.7. The van der Waals surface area contributed by atoms with Crippen molar-refractivity contribution in [2.75, 3.05) is 7.11 Å². The third kappa shape index (κ3) is 3.82. The van der Waals surface area contributed by atoms with E-state index in [2.05, 4.69) is 12.2 Å². The van der Waals surface area contributed by atoms with E-state index >= 15 is 0 Å². The summed E-state index contributed by atoms with van der Waals surface area (Å²) in [5.41, 5.74) is 1.61. The molecule has 33 heavy (non-hydrogen) atoms. The molecule has 3 atom stereocenters. The Bertz CT molecular complexity index is 1200. The first-order chi connectivity index (χ1) is 15.9. The zero-order valence-corrected chi connectivity index (χ0v) is 20.3. The molecule has 1 aliphatic heterocycles. The van der Waals surface area contributed by atoms with Gasteiger partial charge in [0.25, 0.3) is 5.91 Å². The number of thiophene rings is 1. The maximum Gasteiger partial charge on any atom is 0.271 e. The van der Waals surface area contributed by atoms with Crippen molar-refractivity contribution in [1.29, 1.82) is 0 Å². The lowest BCUT2D eigenvalue weighted by Crippen LogP contribution is -2.65. The van der Waals surface area contributed by atoms with Crippen LogP contribution in [0.4, 0.5) is 0 Å². The fraction of sp³-hybridized carbons (Fsp3) is 0.462. The Labute approximate surface area is 198 Å². The number of nitrogens with one attached hydrogen (secondary N) is 1. The number of nitrogens with zero attached hydrogens (tertiary/aromatic N) is 2. The van der Waals surface area contributed by atoms with E-state index in [1.54, 1.807) is 23.3 Å². The number of hydrogen-bond acceptors (Lipinski definition) is 4. The Hall–Kier alpha value is -2.80. The van der Waals surface area contributed by atoms with E-state index in [0.717, 1.165) is 40.8 Å². The summed E-state index contributed by atoms with van der Waals surface area (Å²) in [6.07, 6.45) is 4.48. The molecule has 0 bridgehead atoms. The van der Waals surface area contributed by atoms with Crippen LogP contribution in [-0.4, -0.2) is 40.0 Å². The average Bonchev–Trinajstić information content (AvgIpc) is 3.41. The van der Waals surface area contributed by atoms with E-state index < -0.39 is 5.54 Å². The standard InChI is InChI=1S/C26H31N3O3S/c1-17-7-4-5-10-20(17)27-25(31)26(2)16-28-21-11-12-33-23(21)14-22(28)24(30)29(26)15-18-8-6-9-19(13-18)32-3/h6,8-9,11-14,17,20H,4-5,7,10,15-16H2,1-3H3,(H,27,31)/t17-,20-,26+/m0/s1. The molecule has 1 aromatic carbocycles. The van der Waals surface area contributed by atoms with Crippen molar-refractivity contribution in [2.45, 2.75) is 64.2 Å². The average molecular weight is 466 g/mol. The van der Waals surface area contributed by atoms with Gasteiger partial charge in [-0.25, -0.2) is 0 Å². The molecule has 5 rings (SSSR count). The first-order valence-corrected chi connectivity index (χ1v) is 12.6. The third-order valence-corrected chi connectivity index (χ3v) is 8.29. The van der Waals surface area contributed by atoms with E-state index in [0.29, 0.717) is 24.7 Å². The van der Waals surface area contributed by atoms with Gasteiger partial charge in [0.1, 0.15) is 17.0 Å². The molecule has 0 saturated heterocycles. The van der Waals surface area contributed by atoms with Crippen LogP contribution in [0.5, 0.6) is 5.75 Å². The SMILES string of the molecule is COc1cccc(CN2C(=O)c3cc4sccc4n3C[C@]2(C)C(=O)N[C@H]2CCCC[C@@H]2C)c1. The van der Waals surface area contributed by atoms with E-state index in [9.17, 15) is 9.59 Å². The zero-order chi connectivity index (χ0) is 23.2. The number of carbonyl (C=O) groups is 2. The fourth-order valence-corrected chi connectivity index (χ4v) is 6.15. The van der Waals surface area contributed by atoms with Gasteiger partial charge in [-0.1, -0.05) is 31.9 Å². The molecule has 0 radical (unpaired) electrons. The van der Waals surface area contributed by atoms with Gasteiger partial charge in [0.05, 0.1) is 23.9 Å². The molecule has 1 N–H and O–H groups in total. The molecule has 1 fully saturated rings. The van der Waals surface area contributed by atoms with E-state index in [1.165, 1.54) is 6.42 Å². The lowest BCUT2D eigenvalue weighted by molar-refractivity contribution is -0.134. The molecule has 2 aromatic heterocycles. The van der Waals surface area contributed by atoms with Crippen LogP contribution in [0.3, 0.4) is 0 Å². The number of amides is 2. The third-order valence-electron chi connectivity index (χ3n) is 7.44. The summed E-state index contributed by atoms with van der Waals surface area (Å²) >= 11 is 1.62. The fourth-order valence-electron chi connectivity index (χ4n) is 5.33. The Balaban J connectivity index is 1.53. The Morgan fingerprint density at radius 2 is 2.06 bits per heavy atom. The summed E-state index contributed by atoms with van der Waals surface area (Å²) in [6.45, 7) is 4.91. The summed E-state index contributed by atoms with van der Waals surface area (Å²) in [5.74, 6) is 1.01. The van der Waals surface area contributed by atoms with Crippen molar-refractivity contribution in [3.63, 3.8) is 0 Å². The molecule has 1 saturated carbocycles. The van der Waals surface area contributed by atoms with Gasteiger partial charge >= 0.3 is 0 Å². The molecular weight excluding hydrogens is 434 g/mol. The number of benzene rings is 1. The maximum absolute atomic E-state index is 13.9. The van der Waals surface area contributed by atoms with Gasteiger partial charge in [-0.2, -0.15) is 0 Å². The highest BCUT2D eigenvalue weighted by molar-refractivity contribution is 7.17. The summed E-state index contributed by atoms with van der Waals surface area (Å²) < 4.78 is 8.49. The number of hydrogen-bond donors (Lipinski definition) is 1. The minimum atomic E-state index is -1.00. The number of methoxy groups -OCH3 is 1. The van der Waals surface area contributed by atoms with Gasteiger partial charge in [-0.3, -0.25) is 9.59 Å². The number of fused-ring (bicyclic) bond motifs is 3. The predicted octanol–water partition coefficient (Wildman–Crippen LogP) is 4.82. The van der Waals surface area contributed by atoms with Crippen LogP contribution >= 0.6 is 11.3 Å². The van der Waals surface area contributed by atoms with Gasteiger partial charge in [-0.05, 0) is 60.9 Å². The number of carbonyl (C=O) groups excluding carboxylic acids is 2. The summed E-state index contributed by atoms with van der Waals surface area (Å²) in [5, 5.41) is 5.37. The lowest BCUT2D eigenvalue weighted by atomic mass is 9.85. The monoisotopic (exact) mass is 465 g/mol. The predicted molar refractivity (Wildman–Crippen MR) is 131 cm³/mol. The largest absolute Gasteiger partial charge is 0.497 e. The quantitative estimate of drug-likeness (QED) is 0.588. The number of aromatic nitrogens is 1. The summed E-state index contributed by atoms with van der Waals surface area (Å²) in [6, 6.07) is 11.9. The molecule has 2 amide bonds. The van der Waals surface area contributed by atoms with Crippen LogP contribution in [0.25, 0.3) is 10.2 Å². The minimum absolute atomic E-state index is 0.0692. The van der Waals surface area contributed by atoms with Crippen LogP contribution in [0.2, 0.25) is 0 Å². The van der Waals surface area contributed by atoms with Crippen molar-refractivity contribution in [1.82, 2.24) is 14.8 Å². The van der Waals surface area contributed by atoms with Crippen LogP contribution in [-0.2, 0) is 17.9 Å². The van der Waals surface area contributed by atoms with Gasteiger partial charge in [0.15, 0.2) is 0 Å². The van der Waals surface area contributed by atoms with Crippen LogP contribution in [0, 0.1) is 5.92 Å². The van der Waals surface area contributed by atoms with Gasteiger partial charge in [0.2, 0.25) is 5.91 Å². The van der Waals surface area contributed by atoms with Gasteiger partial charge in [-0.15, -0.1) is 11.3 Å². The molecule has 1 aliphatic carbocycles. The van der Waals surface area contributed by atoms with E-state index in [4.69, 9.17) is 4.74 Å². The van der Waals surface area contributed by atoms with Crippen molar-refractivity contribution in [3.05, 3.63) is 53.0 Å². The highest BCUT2D eigenvalue weighted by atomic mass is 32.1. The Morgan fingerprint density at radius 3 is 2.85 bits per heavy atom. The molecule has 6 nitrogen and oxygen atoms in total. The molecule has 3 heterocycles. The molecular formula is C26H31N3O3S. The zero-order valence-electron chi connectivity index (χ0n) is 19.5. The number of ether oxygens (including phenoxy) is 1. The van der Waals surface area contributed by atoms with Crippen molar-refractivity contribution in [2.24, 2.45) is 5.92 Å². The Morgan fingerprint density at radius 1 is 1.24 bits per heavy atom. The van der Waals surface area contributed by atoms with Crippen LogP contribution in [0.1, 0.15) is 55.6 Å². The van der Waals surface area contributed by atoms with Crippen LogP contribution in [0.15, 0.2) is 41.8 Å². The molecule has 3 aromatic rings. The van der Waals surface area contributed by atoms with Gasteiger partial charge in [0, 0.05) is 12.6 Å². The molecule has 174 valence electrons. The maximum atomic E-state index is 13.9. The van der Waals surface area contributed by atoms with Crippen molar-refractivity contribution >= 4 is 33.4 Å². The van der Waals surface area contributed by atoms with E-state index in [1.807, 2.05) is 53.3 Å². The second-order valence-corrected chi connectivity index (χ2v) is 10.6. The lowest BCUT2D eigenvalue weighted by Gasteiger charge is -2.45. The van der Waals surface area contributed by atoms with Crippen LogP contribution < -0.4 is 10.1 Å². The molecule has 0 unspecified atom stereocenters. The smallest absolute Gasteiger partial charge is 0.271 e. The Kier molecular flexibility index (Phi) is 5.69. The molecule has 7 heteroatoms. The number of rotatable bonds is 5.